The Bertz CT molecular complexity index is 425. The fourth-order valence-electron chi connectivity index (χ4n) is 2.95. The average molecular weight is 299 g/mol. The lowest BCUT2D eigenvalue weighted by atomic mass is 10.1. The maximum absolute atomic E-state index is 3.55. The van der Waals surface area contributed by atoms with Crippen molar-refractivity contribution in [1.82, 2.24) is 4.90 Å². The first-order valence-electron chi connectivity index (χ1n) is 7.05. The van der Waals surface area contributed by atoms with Gasteiger partial charge in [0.15, 0.2) is 0 Å². The number of anilines is 1. The first-order valence-corrected chi connectivity index (χ1v) is 8.10. The zero-order valence-electron chi connectivity index (χ0n) is 11.5. The lowest BCUT2D eigenvalue weighted by molar-refractivity contribution is 0.273. The number of benzene rings is 1. The Kier molecular flexibility index (Phi) is 5.43. The second kappa shape index (κ2) is 6.87. The summed E-state index contributed by atoms with van der Waals surface area (Å²) >= 11 is 2.15. The minimum atomic E-state index is 0. The molecule has 0 radical (unpaired) electrons. The van der Waals surface area contributed by atoms with Gasteiger partial charge in [-0.25, -0.2) is 0 Å². The minimum absolute atomic E-state index is 0. The van der Waals surface area contributed by atoms with E-state index in [1.54, 1.807) is 0 Å². The van der Waals surface area contributed by atoms with Gasteiger partial charge in [0, 0.05) is 42.9 Å². The molecule has 2 nitrogen and oxygen atoms in total. The van der Waals surface area contributed by atoms with Crippen LogP contribution in [0.15, 0.2) is 18.2 Å². The summed E-state index contributed by atoms with van der Waals surface area (Å²) in [6.45, 7) is 7.03. The summed E-state index contributed by atoms with van der Waals surface area (Å²) < 4.78 is 0. The SMILES string of the molecule is CCC1CN(Cc2cccc3c2NCC3)CCS1.Cl. The second-order valence-corrected chi connectivity index (χ2v) is 6.67. The number of halogens is 1. The smallest absolute Gasteiger partial charge is 0.0419 e. The Labute approximate surface area is 126 Å². The van der Waals surface area contributed by atoms with E-state index in [9.17, 15) is 0 Å². The van der Waals surface area contributed by atoms with Gasteiger partial charge >= 0.3 is 0 Å². The molecule has 2 aliphatic rings. The minimum Gasteiger partial charge on any atom is -0.384 e. The Morgan fingerprint density at radius 1 is 1.42 bits per heavy atom. The van der Waals surface area contributed by atoms with Gasteiger partial charge in [-0.2, -0.15) is 11.8 Å². The van der Waals surface area contributed by atoms with Crippen molar-refractivity contribution in [3.63, 3.8) is 0 Å². The summed E-state index contributed by atoms with van der Waals surface area (Å²) in [6, 6.07) is 6.77. The number of thioether (sulfide) groups is 1. The van der Waals surface area contributed by atoms with Crippen molar-refractivity contribution in [1.29, 1.82) is 0 Å². The lowest BCUT2D eigenvalue weighted by Crippen LogP contribution is -2.37. The second-order valence-electron chi connectivity index (χ2n) is 5.26. The zero-order valence-corrected chi connectivity index (χ0v) is 13.2. The molecule has 0 spiro atoms. The van der Waals surface area contributed by atoms with Gasteiger partial charge < -0.3 is 5.32 Å². The van der Waals surface area contributed by atoms with Crippen molar-refractivity contribution in [2.45, 2.75) is 31.6 Å². The molecular formula is C15H23ClN2S. The molecule has 1 saturated heterocycles. The van der Waals surface area contributed by atoms with Crippen LogP contribution in [0.3, 0.4) is 0 Å². The molecular weight excluding hydrogens is 276 g/mol. The number of nitrogens with zero attached hydrogens (tertiary/aromatic N) is 1. The number of hydrogen-bond donors (Lipinski definition) is 1. The predicted octanol–water partition coefficient (Wildman–Crippen LogP) is 3.40. The van der Waals surface area contributed by atoms with Crippen LogP contribution in [0.5, 0.6) is 0 Å². The van der Waals surface area contributed by atoms with Gasteiger partial charge in [0.25, 0.3) is 0 Å². The number of fused-ring (bicyclic) bond motifs is 1. The van der Waals surface area contributed by atoms with Gasteiger partial charge in [0.2, 0.25) is 0 Å². The van der Waals surface area contributed by atoms with E-state index in [-0.39, 0.29) is 12.4 Å². The summed E-state index contributed by atoms with van der Waals surface area (Å²) in [5.41, 5.74) is 4.42. The Balaban J connectivity index is 0.00000133. The van der Waals surface area contributed by atoms with Gasteiger partial charge in [0.05, 0.1) is 0 Å². The zero-order chi connectivity index (χ0) is 12.4. The summed E-state index contributed by atoms with van der Waals surface area (Å²) in [5, 5.41) is 4.39. The molecule has 0 aliphatic carbocycles. The van der Waals surface area contributed by atoms with E-state index in [0.717, 1.165) is 18.3 Å². The highest BCUT2D eigenvalue weighted by atomic mass is 35.5. The van der Waals surface area contributed by atoms with Crippen molar-refractivity contribution < 1.29 is 0 Å². The third kappa shape index (κ3) is 3.39. The van der Waals surface area contributed by atoms with E-state index in [1.807, 2.05) is 0 Å². The molecule has 1 aromatic carbocycles. The molecule has 0 aromatic heterocycles. The number of rotatable bonds is 3. The molecule has 0 saturated carbocycles. The summed E-state index contributed by atoms with van der Waals surface area (Å²) in [6.07, 6.45) is 2.49. The van der Waals surface area contributed by atoms with Crippen LogP contribution in [0.4, 0.5) is 5.69 Å². The third-order valence-electron chi connectivity index (χ3n) is 4.01. The number of hydrogen-bond acceptors (Lipinski definition) is 3. The fourth-order valence-corrected chi connectivity index (χ4v) is 4.20. The van der Waals surface area contributed by atoms with E-state index in [2.05, 4.69) is 47.1 Å². The topological polar surface area (TPSA) is 15.3 Å². The number of nitrogens with one attached hydrogen (secondary N) is 1. The normalized spacial score (nSPS) is 22.5. The van der Waals surface area contributed by atoms with Gasteiger partial charge in [-0.3, -0.25) is 4.90 Å². The standard InChI is InChI=1S/C15H22N2S.ClH/c1-2-14-11-17(8-9-18-14)10-13-5-3-4-12-6-7-16-15(12)13;/h3-5,14,16H,2,6-11H2,1H3;1H. The molecule has 1 atom stereocenters. The van der Waals surface area contributed by atoms with Crippen molar-refractivity contribution >= 4 is 29.9 Å². The van der Waals surface area contributed by atoms with Gasteiger partial charge in [-0.15, -0.1) is 12.4 Å². The molecule has 0 bridgehead atoms. The fraction of sp³-hybridized carbons (Fsp3) is 0.600. The molecule has 1 fully saturated rings. The van der Waals surface area contributed by atoms with Crippen LogP contribution in [0, 0.1) is 0 Å². The van der Waals surface area contributed by atoms with Crippen LogP contribution >= 0.6 is 24.2 Å². The van der Waals surface area contributed by atoms with Gasteiger partial charge in [-0.1, -0.05) is 25.1 Å². The quantitative estimate of drug-likeness (QED) is 0.921. The van der Waals surface area contributed by atoms with E-state index >= 15 is 0 Å². The highest BCUT2D eigenvalue weighted by Crippen LogP contribution is 2.29. The van der Waals surface area contributed by atoms with Crippen molar-refractivity contribution in [3.8, 4) is 0 Å². The van der Waals surface area contributed by atoms with E-state index in [4.69, 9.17) is 0 Å². The van der Waals surface area contributed by atoms with Crippen molar-refractivity contribution in [2.24, 2.45) is 0 Å². The molecule has 19 heavy (non-hydrogen) atoms. The maximum Gasteiger partial charge on any atom is 0.0419 e. The Morgan fingerprint density at radius 2 is 2.32 bits per heavy atom. The molecule has 4 heteroatoms. The third-order valence-corrected chi connectivity index (χ3v) is 5.38. The highest BCUT2D eigenvalue weighted by molar-refractivity contribution is 8.00. The molecule has 106 valence electrons. The van der Waals surface area contributed by atoms with E-state index in [0.29, 0.717) is 0 Å². The van der Waals surface area contributed by atoms with Crippen LogP contribution in [0.25, 0.3) is 0 Å². The molecule has 1 aromatic rings. The monoisotopic (exact) mass is 298 g/mol. The molecule has 3 rings (SSSR count). The van der Waals surface area contributed by atoms with Gasteiger partial charge in [-0.05, 0) is 24.0 Å². The number of para-hydroxylation sites is 1. The van der Waals surface area contributed by atoms with E-state index < -0.39 is 0 Å². The highest BCUT2D eigenvalue weighted by Gasteiger charge is 2.21. The Morgan fingerprint density at radius 3 is 3.16 bits per heavy atom. The first-order chi connectivity index (χ1) is 8.86. The largest absolute Gasteiger partial charge is 0.384 e. The predicted molar refractivity (Wildman–Crippen MR) is 87.7 cm³/mol. The van der Waals surface area contributed by atoms with Crippen LogP contribution in [-0.4, -0.2) is 35.5 Å². The summed E-state index contributed by atoms with van der Waals surface area (Å²) in [7, 11) is 0. The van der Waals surface area contributed by atoms with Crippen LogP contribution in [0.2, 0.25) is 0 Å². The summed E-state index contributed by atoms with van der Waals surface area (Å²) in [5.74, 6) is 1.29. The molecule has 1 unspecified atom stereocenters. The van der Waals surface area contributed by atoms with Crippen LogP contribution in [0.1, 0.15) is 24.5 Å². The first kappa shape index (κ1) is 15.0. The molecule has 2 aliphatic heterocycles. The maximum atomic E-state index is 3.55. The molecule has 2 heterocycles. The lowest BCUT2D eigenvalue weighted by Gasteiger charge is -2.32. The molecule has 0 amide bonds. The van der Waals surface area contributed by atoms with Crippen molar-refractivity contribution in [2.75, 3.05) is 30.7 Å². The van der Waals surface area contributed by atoms with Gasteiger partial charge in [0.1, 0.15) is 0 Å². The van der Waals surface area contributed by atoms with Crippen LogP contribution < -0.4 is 5.32 Å². The summed E-state index contributed by atoms with van der Waals surface area (Å²) in [4.78, 5) is 2.63. The van der Waals surface area contributed by atoms with Crippen LogP contribution in [-0.2, 0) is 13.0 Å². The Hall–Kier alpha value is -0.380. The average Bonchev–Trinajstić information content (AvgIpc) is 2.88. The van der Waals surface area contributed by atoms with Crippen molar-refractivity contribution in [3.05, 3.63) is 29.3 Å². The molecule has 1 N–H and O–H groups in total. The van der Waals surface area contributed by atoms with E-state index in [1.165, 1.54) is 48.5 Å².